The predicted octanol–water partition coefficient (Wildman–Crippen LogP) is 2.49. The third-order valence-electron chi connectivity index (χ3n) is 4.37. The number of nitrogens with one attached hydrogen (secondary N) is 4. The molecular formula is C20H15ClN6O4S. The van der Waals surface area contributed by atoms with Crippen LogP contribution in [-0.4, -0.2) is 35.6 Å². The van der Waals surface area contributed by atoms with Gasteiger partial charge in [-0.05, 0) is 60.7 Å². The van der Waals surface area contributed by atoms with Crippen LogP contribution in [0.3, 0.4) is 0 Å². The summed E-state index contributed by atoms with van der Waals surface area (Å²) in [6.07, 6.45) is 0. The number of aromatic nitrogens is 3. The lowest BCUT2D eigenvalue weighted by atomic mass is 10.2. The summed E-state index contributed by atoms with van der Waals surface area (Å²) in [6.45, 7) is 0. The molecular weight excluding hydrogens is 456 g/mol. The number of halogens is 1. The molecule has 1 heterocycles. The standard InChI is InChI=1S/C20H15ClN6O4S/c21-14-5-7-15(8-6-14)26-32(30,31)16-3-1-2-12(10-16)19(28)24-25-20(29)13-4-9-17-18(11-13)23-27-22-17/h1-11,26H,(H,24,28)(H,25,29)(H,22,23,27). The van der Waals surface area contributed by atoms with Crippen molar-refractivity contribution in [1.82, 2.24) is 26.3 Å². The zero-order valence-corrected chi connectivity index (χ0v) is 17.7. The number of hydrogen-bond acceptors (Lipinski definition) is 6. The number of benzene rings is 3. The molecule has 0 bridgehead atoms. The van der Waals surface area contributed by atoms with E-state index < -0.39 is 21.8 Å². The van der Waals surface area contributed by atoms with Crippen LogP contribution in [0, 0.1) is 0 Å². The van der Waals surface area contributed by atoms with Crippen molar-refractivity contribution in [3.8, 4) is 0 Å². The van der Waals surface area contributed by atoms with Crippen LogP contribution < -0.4 is 15.6 Å². The number of hydrogen-bond donors (Lipinski definition) is 4. The minimum atomic E-state index is -3.95. The highest BCUT2D eigenvalue weighted by atomic mass is 35.5. The minimum Gasteiger partial charge on any atom is -0.280 e. The van der Waals surface area contributed by atoms with Crippen molar-refractivity contribution >= 4 is 50.2 Å². The van der Waals surface area contributed by atoms with Gasteiger partial charge in [0.2, 0.25) is 0 Å². The molecule has 0 radical (unpaired) electrons. The van der Waals surface area contributed by atoms with Gasteiger partial charge in [0.1, 0.15) is 11.0 Å². The summed E-state index contributed by atoms with van der Waals surface area (Å²) < 4.78 is 27.7. The van der Waals surface area contributed by atoms with Crippen LogP contribution in [-0.2, 0) is 10.0 Å². The monoisotopic (exact) mass is 470 g/mol. The average Bonchev–Trinajstić information content (AvgIpc) is 3.26. The third kappa shape index (κ3) is 4.68. The molecule has 4 N–H and O–H groups in total. The molecule has 4 aromatic rings. The van der Waals surface area contributed by atoms with Crippen LogP contribution in [0.1, 0.15) is 20.7 Å². The second-order valence-electron chi connectivity index (χ2n) is 6.58. The van der Waals surface area contributed by atoms with Gasteiger partial charge in [-0.3, -0.25) is 25.2 Å². The van der Waals surface area contributed by atoms with Gasteiger partial charge in [0.25, 0.3) is 21.8 Å². The molecule has 2 amide bonds. The molecule has 0 unspecified atom stereocenters. The second-order valence-corrected chi connectivity index (χ2v) is 8.69. The molecule has 12 heteroatoms. The maximum atomic E-state index is 12.6. The van der Waals surface area contributed by atoms with Gasteiger partial charge in [-0.25, -0.2) is 8.42 Å². The van der Waals surface area contributed by atoms with Crippen LogP contribution in [0.25, 0.3) is 11.0 Å². The highest BCUT2D eigenvalue weighted by Crippen LogP contribution is 2.19. The molecule has 162 valence electrons. The number of amides is 2. The normalized spacial score (nSPS) is 11.2. The predicted molar refractivity (Wildman–Crippen MR) is 118 cm³/mol. The fourth-order valence-electron chi connectivity index (χ4n) is 2.78. The number of aromatic amines is 1. The molecule has 32 heavy (non-hydrogen) atoms. The first-order valence-corrected chi connectivity index (χ1v) is 11.0. The Hall–Kier alpha value is -3.96. The molecule has 0 aliphatic heterocycles. The Morgan fingerprint density at radius 1 is 0.812 bits per heavy atom. The fourth-order valence-corrected chi connectivity index (χ4v) is 4.01. The second kappa shape index (κ2) is 8.65. The van der Waals surface area contributed by atoms with Crippen LogP contribution in [0.5, 0.6) is 0 Å². The van der Waals surface area contributed by atoms with E-state index in [0.717, 1.165) is 0 Å². The molecule has 0 spiro atoms. The van der Waals surface area contributed by atoms with Crippen LogP contribution in [0.2, 0.25) is 5.02 Å². The lowest BCUT2D eigenvalue weighted by molar-refractivity contribution is 0.0846. The molecule has 4 rings (SSSR count). The molecule has 3 aromatic carbocycles. The summed E-state index contributed by atoms with van der Waals surface area (Å²) in [4.78, 5) is 24.6. The van der Waals surface area contributed by atoms with E-state index in [4.69, 9.17) is 11.6 Å². The summed E-state index contributed by atoms with van der Waals surface area (Å²) in [6, 6.07) is 16.2. The Kier molecular flexibility index (Phi) is 5.75. The molecule has 1 aromatic heterocycles. The Balaban J connectivity index is 1.44. The van der Waals surface area contributed by atoms with E-state index >= 15 is 0 Å². The van der Waals surface area contributed by atoms with E-state index in [0.29, 0.717) is 21.7 Å². The average molecular weight is 471 g/mol. The van der Waals surface area contributed by atoms with Gasteiger partial charge in [0.15, 0.2) is 0 Å². The number of nitrogens with zero attached hydrogens (tertiary/aromatic N) is 2. The van der Waals surface area contributed by atoms with Crippen molar-refractivity contribution in [3.63, 3.8) is 0 Å². The van der Waals surface area contributed by atoms with Crippen molar-refractivity contribution in [2.24, 2.45) is 0 Å². The zero-order valence-electron chi connectivity index (χ0n) is 16.2. The third-order valence-corrected chi connectivity index (χ3v) is 6.00. The highest BCUT2D eigenvalue weighted by molar-refractivity contribution is 7.92. The summed E-state index contributed by atoms with van der Waals surface area (Å²) in [5.41, 5.74) is 6.25. The van der Waals surface area contributed by atoms with E-state index in [1.165, 1.54) is 48.5 Å². The van der Waals surface area contributed by atoms with Crippen molar-refractivity contribution in [2.75, 3.05) is 4.72 Å². The Labute approximate surface area is 187 Å². The fraction of sp³-hybridized carbons (Fsp3) is 0. The van der Waals surface area contributed by atoms with E-state index in [2.05, 4.69) is 31.0 Å². The van der Waals surface area contributed by atoms with E-state index in [9.17, 15) is 18.0 Å². The Morgan fingerprint density at radius 2 is 1.47 bits per heavy atom. The van der Waals surface area contributed by atoms with Gasteiger partial charge in [-0.15, -0.1) is 0 Å². The summed E-state index contributed by atoms with van der Waals surface area (Å²) in [7, 11) is -3.95. The molecule has 0 saturated heterocycles. The Morgan fingerprint density at radius 3 is 2.19 bits per heavy atom. The number of H-pyrrole nitrogens is 1. The number of rotatable bonds is 5. The number of fused-ring (bicyclic) bond motifs is 1. The van der Waals surface area contributed by atoms with E-state index in [1.807, 2.05) is 0 Å². The minimum absolute atomic E-state index is 0.0382. The van der Waals surface area contributed by atoms with Crippen molar-refractivity contribution < 1.29 is 18.0 Å². The molecule has 0 saturated carbocycles. The number of anilines is 1. The van der Waals surface area contributed by atoms with Crippen molar-refractivity contribution in [2.45, 2.75) is 4.90 Å². The van der Waals surface area contributed by atoms with Crippen LogP contribution in [0.4, 0.5) is 5.69 Å². The number of carbonyl (C=O) groups excluding carboxylic acids is 2. The van der Waals surface area contributed by atoms with Gasteiger partial charge >= 0.3 is 0 Å². The van der Waals surface area contributed by atoms with Gasteiger partial charge in [-0.2, -0.15) is 15.4 Å². The van der Waals surface area contributed by atoms with Crippen molar-refractivity contribution in [3.05, 3.63) is 82.9 Å². The Bertz CT molecular complexity index is 1420. The topological polar surface area (TPSA) is 146 Å². The van der Waals surface area contributed by atoms with Gasteiger partial charge in [-0.1, -0.05) is 17.7 Å². The first-order chi connectivity index (χ1) is 15.3. The SMILES string of the molecule is O=C(NNC(=O)c1ccc2n[nH]nc2c1)c1cccc(S(=O)(=O)Nc2ccc(Cl)cc2)c1. The van der Waals surface area contributed by atoms with Crippen LogP contribution >= 0.6 is 11.6 Å². The molecule has 0 atom stereocenters. The quantitative estimate of drug-likeness (QED) is 0.329. The first kappa shape index (κ1) is 21.3. The molecule has 10 nitrogen and oxygen atoms in total. The van der Waals surface area contributed by atoms with E-state index in [-0.39, 0.29) is 16.0 Å². The van der Waals surface area contributed by atoms with Gasteiger partial charge in [0.05, 0.1) is 4.90 Å². The van der Waals surface area contributed by atoms with Gasteiger partial charge in [0, 0.05) is 21.8 Å². The maximum absolute atomic E-state index is 12.6. The van der Waals surface area contributed by atoms with Gasteiger partial charge < -0.3 is 0 Å². The lowest BCUT2D eigenvalue weighted by Gasteiger charge is -2.10. The number of hydrazine groups is 1. The number of carbonyl (C=O) groups is 2. The maximum Gasteiger partial charge on any atom is 0.269 e. The first-order valence-electron chi connectivity index (χ1n) is 9.11. The smallest absolute Gasteiger partial charge is 0.269 e. The van der Waals surface area contributed by atoms with Crippen LogP contribution in [0.15, 0.2) is 71.6 Å². The molecule has 0 aliphatic carbocycles. The number of sulfonamides is 1. The largest absolute Gasteiger partial charge is 0.280 e. The zero-order chi connectivity index (χ0) is 22.7. The summed E-state index contributed by atoms with van der Waals surface area (Å²) in [5, 5.41) is 10.7. The summed E-state index contributed by atoms with van der Waals surface area (Å²) >= 11 is 5.81. The molecule has 0 fully saturated rings. The summed E-state index contributed by atoms with van der Waals surface area (Å²) in [5.74, 6) is -1.26. The van der Waals surface area contributed by atoms with E-state index in [1.54, 1.807) is 18.2 Å². The molecule has 0 aliphatic rings. The highest BCUT2D eigenvalue weighted by Gasteiger charge is 2.17. The van der Waals surface area contributed by atoms with Crippen molar-refractivity contribution in [1.29, 1.82) is 0 Å². The lowest BCUT2D eigenvalue weighted by Crippen LogP contribution is -2.41.